The maximum Gasteiger partial charge on any atom is 0.161 e. The molecule has 0 radical (unpaired) electrons. The number of hydrogen-bond acceptors (Lipinski definition) is 5. The van der Waals surface area contributed by atoms with Gasteiger partial charge < -0.3 is 10.1 Å². The SMILES string of the molecule is CCNc1nc(-c2ccc(OCC)cc2)nc2c1CSC2. The van der Waals surface area contributed by atoms with Crippen molar-refractivity contribution in [3.63, 3.8) is 0 Å². The summed E-state index contributed by atoms with van der Waals surface area (Å²) in [7, 11) is 0. The molecule has 0 unspecified atom stereocenters. The van der Waals surface area contributed by atoms with Crippen LogP contribution in [0.4, 0.5) is 5.82 Å². The highest BCUT2D eigenvalue weighted by Crippen LogP contribution is 2.34. The summed E-state index contributed by atoms with van der Waals surface area (Å²) in [6, 6.07) is 7.98. The predicted octanol–water partition coefficient (Wildman–Crippen LogP) is 3.72. The van der Waals surface area contributed by atoms with Crippen LogP contribution in [0, 0.1) is 0 Å². The van der Waals surface area contributed by atoms with Gasteiger partial charge in [0.2, 0.25) is 0 Å². The lowest BCUT2D eigenvalue weighted by atomic mass is 10.1. The predicted molar refractivity (Wildman–Crippen MR) is 87.8 cm³/mol. The number of benzene rings is 1. The van der Waals surface area contributed by atoms with E-state index in [9.17, 15) is 0 Å². The van der Waals surface area contributed by atoms with Gasteiger partial charge in [-0.2, -0.15) is 11.8 Å². The van der Waals surface area contributed by atoms with Crippen LogP contribution in [0.2, 0.25) is 0 Å². The number of aromatic nitrogens is 2. The summed E-state index contributed by atoms with van der Waals surface area (Å²) in [5.41, 5.74) is 3.45. The van der Waals surface area contributed by atoms with Crippen LogP contribution >= 0.6 is 11.8 Å². The van der Waals surface area contributed by atoms with Crippen molar-refractivity contribution in [1.82, 2.24) is 9.97 Å². The minimum atomic E-state index is 0.677. The van der Waals surface area contributed by atoms with E-state index in [-0.39, 0.29) is 0 Å². The van der Waals surface area contributed by atoms with E-state index >= 15 is 0 Å². The summed E-state index contributed by atoms with van der Waals surface area (Å²) in [5.74, 6) is 4.62. The summed E-state index contributed by atoms with van der Waals surface area (Å²) < 4.78 is 5.48. The number of thioether (sulfide) groups is 1. The molecule has 2 aromatic rings. The molecule has 1 aromatic carbocycles. The van der Waals surface area contributed by atoms with E-state index in [4.69, 9.17) is 14.7 Å². The van der Waals surface area contributed by atoms with E-state index in [2.05, 4.69) is 12.2 Å². The second-order valence-corrected chi connectivity index (χ2v) is 5.79. The summed E-state index contributed by atoms with van der Waals surface area (Å²) in [6.07, 6.45) is 0. The fourth-order valence-electron chi connectivity index (χ4n) is 2.36. The lowest BCUT2D eigenvalue weighted by Crippen LogP contribution is -2.06. The Labute approximate surface area is 129 Å². The van der Waals surface area contributed by atoms with Crippen molar-refractivity contribution < 1.29 is 4.74 Å². The van der Waals surface area contributed by atoms with Crippen molar-refractivity contribution >= 4 is 17.6 Å². The van der Waals surface area contributed by atoms with Crippen molar-refractivity contribution in [1.29, 1.82) is 0 Å². The zero-order valence-corrected chi connectivity index (χ0v) is 13.2. The lowest BCUT2D eigenvalue weighted by molar-refractivity contribution is 0.340. The van der Waals surface area contributed by atoms with Gasteiger partial charge in [-0.25, -0.2) is 9.97 Å². The number of fused-ring (bicyclic) bond motifs is 1. The molecular weight excluding hydrogens is 282 g/mol. The molecule has 0 amide bonds. The standard InChI is InChI=1S/C16H19N3OS/c1-3-17-16-13-9-21-10-14(13)18-15(19-16)11-5-7-12(8-6-11)20-4-2/h5-8H,3-4,9-10H2,1-2H3,(H,17,18,19). The van der Waals surface area contributed by atoms with Gasteiger partial charge >= 0.3 is 0 Å². The van der Waals surface area contributed by atoms with E-state index in [1.807, 2.05) is 43.0 Å². The van der Waals surface area contributed by atoms with Crippen LogP contribution in [0.15, 0.2) is 24.3 Å². The molecule has 0 spiro atoms. The zero-order valence-electron chi connectivity index (χ0n) is 12.3. The Hall–Kier alpha value is -1.75. The highest BCUT2D eigenvalue weighted by Gasteiger charge is 2.19. The largest absolute Gasteiger partial charge is 0.494 e. The van der Waals surface area contributed by atoms with E-state index < -0.39 is 0 Å². The average Bonchev–Trinajstić information content (AvgIpc) is 2.97. The van der Waals surface area contributed by atoms with Crippen molar-refractivity contribution in [2.45, 2.75) is 25.4 Å². The molecular formula is C16H19N3OS. The van der Waals surface area contributed by atoms with Crippen LogP contribution < -0.4 is 10.1 Å². The summed E-state index contributed by atoms with van der Waals surface area (Å²) >= 11 is 1.89. The van der Waals surface area contributed by atoms with Crippen LogP contribution in [-0.4, -0.2) is 23.1 Å². The van der Waals surface area contributed by atoms with Gasteiger partial charge in [0.05, 0.1) is 12.3 Å². The Kier molecular flexibility index (Phi) is 4.29. The summed E-state index contributed by atoms with van der Waals surface area (Å²) in [4.78, 5) is 9.43. The van der Waals surface area contributed by atoms with E-state index in [1.54, 1.807) is 0 Å². The molecule has 2 heterocycles. The molecule has 1 aliphatic heterocycles. The molecule has 3 rings (SSSR count). The van der Waals surface area contributed by atoms with Crippen LogP contribution in [0.5, 0.6) is 5.75 Å². The monoisotopic (exact) mass is 301 g/mol. The summed E-state index contributed by atoms with van der Waals surface area (Å²) in [6.45, 7) is 5.62. The summed E-state index contributed by atoms with van der Waals surface area (Å²) in [5, 5.41) is 3.36. The third-order valence-electron chi connectivity index (χ3n) is 3.35. The Bertz CT molecular complexity index is 628. The van der Waals surface area contributed by atoms with Crippen LogP contribution in [-0.2, 0) is 11.5 Å². The van der Waals surface area contributed by atoms with Crippen LogP contribution in [0.25, 0.3) is 11.4 Å². The minimum absolute atomic E-state index is 0.677. The smallest absolute Gasteiger partial charge is 0.161 e. The Morgan fingerprint density at radius 3 is 2.67 bits per heavy atom. The Morgan fingerprint density at radius 1 is 1.14 bits per heavy atom. The maximum absolute atomic E-state index is 5.48. The number of rotatable bonds is 5. The molecule has 110 valence electrons. The second kappa shape index (κ2) is 6.35. The zero-order chi connectivity index (χ0) is 14.7. The van der Waals surface area contributed by atoms with Gasteiger partial charge in [0.25, 0.3) is 0 Å². The molecule has 0 atom stereocenters. The molecule has 4 nitrogen and oxygen atoms in total. The van der Waals surface area contributed by atoms with E-state index in [1.165, 1.54) is 5.56 Å². The molecule has 5 heteroatoms. The molecule has 1 aromatic heterocycles. The highest BCUT2D eigenvalue weighted by molar-refractivity contribution is 7.98. The quantitative estimate of drug-likeness (QED) is 0.912. The first-order chi connectivity index (χ1) is 10.3. The Balaban J connectivity index is 1.96. The maximum atomic E-state index is 5.48. The molecule has 0 bridgehead atoms. The fourth-order valence-corrected chi connectivity index (χ4v) is 3.40. The third-order valence-corrected chi connectivity index (χ3v) is 4.32. The third kappa shape index (κ3) is 2.97. The number of nitrogens with zero attached hydrogens (tertiary/aromatic N) is 2. The first-order valence-electron chi connectivity index (χ1n) is 7.26. The number of hydrogen-bond donors (Lipinski definition) is 1. The number of ether oxygens (including phenoxy) is 1. The molecule has 0 aliphatic carbocycles. The van der Waals surface area contributed by atoms with Gasteiger partial charge in [0.1, 0.15) is 11.6 Å². The molecule has 0 fully saturated rings. The van der Waals surface area contributed by atoms with Gasteiger partial charge in [0.15, 0.2) is 5.82 Å². The average molecular weight is 301 g/mol. The molecule has 1 aliphatic rings. The first kappa shape index (κ1) is 14.2. The van der Waals surface area contributed by atoms with E-state index in [0.29, 0.717) is 6.61 Å². The van der Waals surface area contributed by atoms with Gasteiger partial charge in [-0.05, 0) is 38.1 Å². The van der Waals surface area contributed by atoms with Crippen molar-refractivity contribution in [3.8, 4) is 17.1 Å². The fraction of sp³-hybridized carbons (Fsp3) is 0.375. The molecule has 0 saturated heterocycles. The highest BCUT2D eigenvalue weighted by atomic mass is 32.2. The van der Waals surface area contributed by atoms with Crippen molar-refractivity contribution in [3.05, 3.63) is 35.5 Å². The number of nitrogens with one attached hydrogen (secondary N) is 1. The first-order valence-corrected chi connectivity index (χ1v) is 8.42. The van der Waals surface area contributed by atoms with Crippen molar-refractivity contribution in [2.75, 3.05) is 18.5 Å². The normalized spacial score (nSPS) is 13.0. The number of anilines is 1. The molecule has 1 N–H and O–H groups in total. The van der Waals surface area contributed by atoms with Gasteiger partial charge in [-0.15, -0.1) is 0 Å². The van der Waals surface area contributed by atoms with Crippen molar-refractivity contribution in [2.24, 2.45) is 0 Å². The Morgan fingerprint density at radius 2 is 1.95 bits per heavy atom. The van der Waals surface area contributed by atoms with Crippen LogP contribution in [0.3, 0.4) is 0 Å². The van der Waals surface area contributed by atoms with Gasteiger partial charge in [0, 0.05) is 29.2 Å². The van der Waals surface area contributed by atoms with E-state index in [0.717, 1.165) is 46.7 Å². The topological polar surface area (TPSA) is 47.0 Å². The minimum Gasteiger partial charge on any atom is -0.494 e. The second-order valence-electron chi connectivity index (χ2n) is 4.80. The van der Waals surface area contributed by atoms with Gasteiger partial charge in [-0.3, -0.25) is 0 Å². The lowest BCUT2D eigenvalue weighted by Gasteiger charge is -2.11. The molecule has 21 heavy (non-hydrogen) atoms. The van der Waals surface area contributed by atoms with Gasteiger partial charge in [-0.1, -0.05) is 0 Å². The molecule has 0 saturated carbocycles. The van der Waals surface area contributed by atoms with Crippen LogP contribution in [0.1, 0.15) is 25.1 Å².